The van der Waals surface area contributed by atoms with Crippen molar-refractivity contribution < 1.29 is 8.42 Å². The van der Waals surface area contributed by atoms with Crippen LogP contribution in [0.2, 0.25) is 0 Å². The van der Waals surface area contributed by atoms with Gasteiger partial charge in [-0.15, -0.1) is 0 Å². The lowest BCUT2D eigenvalue weighted by Crippen LogP contribution is -2.48. The molecule has 1 aliphatic heterocycles. The van der Waals surface area contributed by atoms with Crippen LogP contribution in [-0.2, 0) is 10.2 Å². The van der Waals surface area contributed by atoms with Crippen molar-refractivity contribution in [2.45, 2.75) is 38.5 Å². The van der Waals surface area contributed by atoms with Crippen LogP contribution in [-0.4, -0.2) is 45.9 Å². The van der Waals surface area contributed by atoms with Crippen molar-refractivity contribution in [3.63, 3.8) is 0 Å². The molecule has 2 fully saturated rings. The molecule has 1 atom stereocenters. The van der Waals surface area contributed by atoms with Crippen molar-refractivity contribution in [3.8, 4) is 0 Å². The smallest absolute Gasteiger partial charge is 0.279 e. The summed E-state index contributed by atoms with van der Waals surface area (Å²) in [6, 6.07) is 0. The first-order valence-corrected chi connectivity index (χ1v) is 8.95. The normalized spacial score (nSPS) is 26.9. The molecular weight excluding hydrogens is 262 g/mol. The lowest BCUT2D eigenvalue weighted by atomic mass is 10.00. The van der Waals surface area contributed by atoms with E-state index in [4.69, 9.17) is 0 Å². The van der Waals surface area contributed by atoms with Gasteiger partial charge in [-0.1, -0.05) is 12.8 Å². The van der Waals surface area contributed by atoms with E-state index >= 15 is 0 Å². The predicted octanol–water partition coefficient (Wildman–Crippen LogP) is 0.942. The third-order valence-electron chi connectivity index (χ3n) is 4.34. The standard InChI is InChI=1S/C13H27N3O2S/c1-14-9-13-7-4-8-16(11-13)19(17,18)15-10-12-5-2-3-6-12/h12-15H,2-11H2,1H3. The van der Waals surface area contributed by atoms with Crippen LogP contribution in [0.25, 0.3) is 0 Å². The molecule has 1 saturated carbocycles. The highest BCUT2D eigenvalue weighted by atomic mass is 32.2. The van der Waals surface area contributed by atoms with Gasteiger partial charge in [-0.3, -0.25) is 0 Å². The zero-order chi connectivity index (χ0) is 13.7. The number of nitrogens with zero attached hydrogens (tertiary/aromatic N) is 1. The van der Waals surface area contributed by atoms with E-state index in [1.54, 1.807) is 4.31 Å². The maximum atomic E-state index is 12.3. The molecule has 0 radical (unpaired) electrons. The van der Waals surface area contributed by atoms with E-state index in [0.717, 1.165) is 19.4 Å². The predicted molar refractivity (Wildman–Crippen MR) is 77.1 cm³/mol. The molecule has 19 heavy (non-hydrogen) atoms. The van der Waals surface area contributed by atoms with Crippen LogP contribution in [0.1, 0.15) is 38.5 Å². The summed E-state index contributed by atoms with van der Waals surface area (Å²) in [6.45, 7) is 2.84. The first-order valence-electron chi connectivity index (χ1n) is 7.51. The van der Waals surface area contributed by atoms with Gasteiger partial charge in [0.15, 0.2) is 0 Å². The minimum Gasteiger partial charge on any atom is -0.319 e. The summed E-state index contributed by atoms with van der Waals surface area (Å²) in [6.07, 6.45) is 6.93. The second-order valence-electron chi connectivity index (χ2n) is 5.93. The number of piperidine rings is 1. The monoisotopic (exact) mass is 289 g/mol. The molecule has 2 N–H and O–H groups in total. The first kappa shape index (κ1) is 15.2. The van der Waals surface area contributed by atoms with Crippen LogP contribution in [0.5, 0.6) is 0 Å². The summed E-state index contributed by atoms with van der Waals surface area (Å²) in [5, 5.41) is 3.14. The average molecular weight is 289 g/mol. The van der Waals surface area contributed by atoms with E-state index in [9.17, 15) is 8.42 Å². The van der Waals surface area contributed by atoms with Gasteiger partial charge < -0.3 is 5.32 Å². The summed E-state index contributed by atoms with van der Waals surface area (Å²) < 4.78 is 29.0. The molecule has 5 nitrogen and oxygen atoms in total. The maximum absolute atomic E-state index is 12.3. The Morgan fingerprint density at radius 3 is 2.42 bits per heavy atom. The second kappa shape index (κ2) is 7.02. The van der Waals surface area contributed by atoms with E-state index in [-0.39, 0.29) is 0 Å². The Bertz CT molecular complexity index is 364. The van der Waals surface area contributed by atoms with E-state index in [1.807, 2.05) is 7.05 Å². The summed E-state index contributed by atoms with van der Waals surface area (Å²) >= 11 is 0. The van der Waals surface area contributed by atoms with Crippen LogP contribution in [0.15, 0.2) is 0 Å². The molecule has 1 saturated heterocycles. The number of hydrogen-bond acceptors (Lipinski definition) is 3. The fourth-order valence-electron chi connectivity index (χ4n) is 3.23. The van der Waals surface area contributed by atoms with Crippen LogP contribution >= 0.6 is 0 Å². The van der Waals surface area contributed by atoms with Gasteiger partial charge >= 0.3 is 0 Å². The Hall–Kier alpha value is -0.170. The molecule has 112 valence electrons. The SMILES string of the molecule is CNCC1CCCN(S(=O)(=O)NCC2CCCC2)C1. The number of nitrogens with one attached hydrogen (secondary N) is 2. The molecule has 0 bridgehead atoms. The zero-order valence-corrected chi connectivity index (χ0v) is 12.7. The van der Waals surface area contributed by atoms with Gasteiger partial charge in [-0.2, -0.15) is 12.7 Å². The van der Waals surface area contributed by atoms with E-state index in [2.05, 4.69) is 10.0 Å². The molecule has 2 aliphatic rings. The molecule has 0 spiro atoms. The highest BCUT2D eigenvalue weighted by molar-refractivity contribution is 7.87. The lowest BCUT2D eigenvalue weighted by molar-refractivity contribution is 0.260. The van der Waals surface area contributed by atoms with Crippen LogP contribution in [0.3, 0.4) is 0 Å². The number of hydrogen-bond donors (Lipinski definition) is 2. The first-order chi connectivity index (χ1) is 9.12. The summed E-state index contributed by atoms with van der Waals surface area (Å²) in [4.78, 5) is 0. The second-order valence-corrected chi connectivity index (χ2v) is 7.68. The largest absolute Gasteiger partial charge is 0.319 e. The van der Waals surface area contributed by atoms with Crippen molar-refractivity contribution in [2.75, 3.05) is 33.2 Å². The van der Waals surface area contributed by atoms with Crippen molar-refractivity contribution in [2.24, 2.45) is 11.8 Å². The van der Waals surface area contributed by atoms with Crippen LogP contribution in [0, 0.1) is 11.8 Å². The molecule has 2 rings (SSSR count). The topological polar surface area (TPSA) is 61.4 Å². The van der Waals surface area contributed by atoms with Crippen LogP contribution < -0.4 is 10.0 Å². The fraction of sp³-hybridized carbons (Fsp3) is 1.00. The highest BCUT2D eigenvalue weighted by Crippen LogP contribution is 2.24. The fourth-order valence-corrected chi connectivity index (χ4v) is 4.63. The van der Waals surface area contributed by atoms with Gasteiger partial charge in [0, 0.05) is 19.6 Å². The van der Waals surface area contributed by atoms with Gasteiger partial charge in [0.2, 0.25) is 0 Å². The molecule has 1 unspecified atom stereocenters. The quantitative estimate of drug-likeness (QED) is 0.765. The molecule has 1 heterocycles. The average Bonchev–Trinajstić information content (AvgIpc) is 2.90. The minimum absolute atomic E-state index is 0.446. The molecule has 6 heteroatoms. The Morgan fingerprint density at radius 1 is 1.05 bits per heavy atom. The van der Waals surface area contributed by atoms with Crippen molar-refractivity contribution in [1.29, 1.82) is 0 Å². The van der Waals surface area contributed by atoms with Gasteiger partial charge in [-0.05, 0) is 51.1 Å². The van der Waals surface area contributed by atoms with Crippen molar-refractivity contribution >= 4 is 10.2 Å². The minimum atomic E-state index is -3.27. The third kappa shape index (κ3) is 4.41. The van der Waals surface area contributed by atoms with Crippen LogP contribution in [0.4, 0.5) is 0 Å². The van der Waals surface area contributed by atoms with Gasteiger partial charge in [0.25, 0.3) is 10.2 Å². The highest BCUT2D eigenvalue weighted by Gasteiger charge is 2.29. The Balaban J connectivity index is 1.83. The summed E-state index contributed by atoms with van der Waals surface area (Å²) in [5.74, 6) is 0.995. The Labute approximate surface area is 117 Å². The number of rotatable bonds is 6. The molecule has 0 amide bonds. The van der Waals surface area contributed by atoms with Gasteiger partial charge in [0.05, 0.1) is 0 Å². The summed E-state index contributed by atoms with van der Waals surface area (Å²) in [7, 11) is -1.34. The van der Waals surface area contributed by atoms with Gasteiger partial charge in [-0.25, -0.2) is 4.72 Å². The Morgan fingerprint density at radius 2 is 1.74 bits per heavy atom. The molecule has 1 aliphatic carbocycles. The van der Waals surface area contributed by atoms with Crippen molar-refractivity contribution in [1.82, 2.24) is 14.3 Å². The lowest BCUT2D eigenvalue weighted by Gasteiger charge is -2.32. The third-order valence-corrected chi connectivity index (χ3v) is 5.89. The van der Waals surface area contributed by atoms with E-state index < -0.39 is 10.2 Å². The molecule has 0 aromatic rings. The van der Waals surface area contributed by atoms with Gasteiger partial charge in [0.1, 0.15) is 0 Å². The zero-order valence-electron chi connectivity index (χ0n) is 11.9. The molecular formula is C13H27N3O2S. The van der Waals surface area contributed by atoms with E-state index in [1.165, 1.54) is 25.7 Å². The Kier molecular flexibility index (Phi) is 5.62. The maximum Gasteiger partial charge on any atom is 0.279 e. The summed E-state index contributed by atoms with van der Waals surface area (Å²) in [5.41, 5.74) is 0. The van der Waals surface area contributed by atoms with E-state index in [0.29, 0.717) is 31.5 Å². The molecule has 0 aromatic carbocycles. The molecule has 0 aromatic heterocycles. The van der Waals surface area contributed by atoms with Crippen molar-refractivity contribution in [3.05, 3.63) is 0 Å².